The molecule has 2 heterocycles. The molecular weight excluding hydrogens is 230 g/mol. The first-order chi connectivity index (χ1) is 8.20. The highest BCUT2D eigenvalue weighted by atomic mass is 32.1. The van der Waals surface area contributed by atoms with Crippen LogP contribution in [0.15, 0.2) is 24.5 Å². The van der Waals surface area contributed by atoms with Gasteiger partial charge in [0.25, 0.3) is 0 Å². The lowest BCUT2D eigenvalue weighted by molar-refractivity contribution is 0.806. The van der Waals surface area contributed by atoms with Gasteiger partial charge < -0.3 is 5.73 Å². The van der Waals surface area contributed by atoms with E-state index in [1.165, 1.54) is 10.4 Å². The Morgan fingerprint density at radius 1 is 1.41 bits per heavy atom. The lowest BCUT2D eigenvalue weighted by atomic mass is 10.1. The van der Waals surface area contributed by atoms with E-state index in [1.54, 1.807) is 17.5 Å². The molecule has 0 saturated carbocycles. The fourth-order valence-corrected chi connectivity index (χ4v) is 2.90. The van der Waals surface area contributed by atoms with E-state index in [1.807, 2.05) is 12.3 Å². The predicted molar refractivity (Wildman–Crippen MR) is 71.1 cm³/mol. The molecule has 0 aliphatic rings. The van der Waals surface area contributed by atoms with Crippen LogP contribution >= 0.6 is 11.3 Å². The Morgan fingerprint density at radius 3 is 2.76 bits per heavy atom. The summed E-state index contributed by atoms with van der Waals surface area (Å²) in [6, 6.07) is 4.03. The fraction of sp³-hybridized carbons (Fsp3) is 0.385. The van der Waals surface area contributed by atoms with Crippen LogP contribution in [0.25, 0.3) is 0 Å². The second kappa shape index (κ2) is 5.38. The van der Waals surface area contributed by atoms with Crippen LogP contribution in [0, 0.1) is 0 Å². The van der Waals surface area contributed by atoms with Gasteiger partial charge in [-0.25, -0.2) is 4.98 Å². The molecule has 2 N–H and O–H groups in total. The van der Waals surface area contributed by atoms with Crippen molar-refractivity contribution < 1.29 is 0 Å². The van der Waals surface area contributed by atoms with Gasteiger partial charge in [0.15, 0.2) is 0 Å². The zero-order valence-corrected chi connectivity index (χ0v) is 11.0. The maximum Gasteiger partial charge on any atom is 0.0976 e. The summed E-state index contributed by atoms with van der Waals surface area (Å²) in [6.45, 7) is 4.89. The third kappa shape index (κ3) is 2.90. The molecule has 0 saturated heterocycles. The van der Waals surface area contributed by atoms with Crippen molar-refractivity contribution in [2.24, 2.45) is 5.73 Å². The molecule has 2 aromatic rings. The molecule has 0 spiro atoms. The number of aromatic nitrogens is 2. The Morgan fingerprint density at radius 2 is 2.24 bits per heavy atom. The highest BCUT2D eigenvalue weighted by molar-refractivity contribution is 7.11. The van der Waals surface area contributed by atoms with E-state index in [0.29, 0.717) is 12.5 Å². The predicted octanol–water partition coefficient (Wildman–Crippen LogP) is 2.71. The average molecular weight is 247 g/mol. The summed E-state index contributed by atoms with van der Waals surface area (Å²) in [5.41, 5.74) is 8.10. The Hall–Kier alpha value is -1.26. The summed E-state index contributed by atoms with van der Waals surface area (Å²) in [5.74, 6) is 0.437. The SMILES string of the molecule is CC(C)c1nc(Cc2cccnc2)sc1CN. The molecule has 90 valence electrons. The van der Waals surface area contributed by atoms with Gasteiger partial charge >= 0.3 is 0 Å². The Labute approximate surface area is 106 Å². The van der Waals surface area contributed by atoms with Crippen LogP contribution in [-0.2, 0) is 13.0 Å². The molecule has 0 aliphatic heterocycles. The third-order valence-corrected chi connectivity index (χ3v) is 3.68. The Balaban J connectivity index is 2.23. The van der Waals surface area contributed by atoms with Crippen LogP contribution in [0.4, 0.5) is 0 Å². The monoisotopic (exact) mass is 247 g/mol. The first-order valence-corrected chi connectivity index (χ1v) is 6.59. The molecule has 0 atom stereocenters. The molecule has 0 aliphatic carbocycles. The van der Waals surface area contributed by atoms with Crippen LogP contribution in [-0.4, -0.2) is 9.97 Å². The molecule has 2 rings (SSSR count). The molecule has 0 radical (unpaired) electrons. The number of nitrogens with zero attached hydrogens (tertiary/aromatic N) is 2. The van der Waals surface area contributed by atoms with Gasteiger partial charge in [0.2, 0.25) is 0 Å². The quantitative estimate of drug-likeness (QED) is 0.903. The number of hydrogen-bond donors (Lipinski definition) is 1. The Bertz CT molecular complexity index is 477. The van der Waals surface area contributed by atoms with Gasteiger partial charge in [0, 0.05) is 30.2 Å². The van der Waals surface area contributed by atoms with Gasteiger partial charge in [-0.05, 0) is 17.5 Å². The van der Waals surface area contributed by atoms with E-state index >= 15 is 0 Å². The summed E-state index contributed by atoms with van der Waals surface area (Å²) >= 11 is 1.72. The van der Waals surface area contributed by atoms with Gasteiger partial charge in [-0.2, -0.15) is 0 Å². The normalized spacial score (nSPS) is 11.1. The molecule has 0 bridgehead atoms. The van der Waals surface area contributed by atoms with Gasteiger partial charge in [0.1, 0.15) is 0 Å². The number of pyridine rings is 1. The zero-order valence-electron chi connectivity index (χ0n) is 10.2. The average Bonchev–Trinajstić information content (AvgIpc) is 2.73. The van der Waals surface area contributed by atoms with Gasteiger partial charge in [-0.1, -0.05) is 19.9 Å². The second-order valence-corrected chi connectivity index (χ2v) is 5.48. The maximum atomic E-state index is 5.75. The van der Waals surface area contributed by atoms with Crippen LogP contribution in [0.5, 0.6) is 0 Å². The van der Waals surface area contributed by atoms with Crippen molar-refractivity contribution in [3.8, 4) is 0 Å². The summed E-state index contributed by atoms with van der Waals surface area (Å²) in [4.78, 5) is 10.0. The van der Waals surface area contributed by atoms with E-state index in [4.69, 9.17) is 5.73 Å². The summed E-state index contributed by atoms with van der Waals surface area (Å²) in [5, 5.41) is 1.13. The van der Waals surface area contributed by atoms with Crippen LogP contribution < -0.4 is 5.73 Å². The molecule has 0 aromatic carbocycles. The molecule has 2 aromatic heterocycles. The van der Waals surface area contributed by atoms with Gasteiger partial charge in [-0.3, -0.25) is 4.98 Å². The smallest absolute Gasteiger partial charge is 0.0976 e. The molecular formula is C13H17N3S. The standard InChI is InChI=1S/C13H17N3S/c1-9(2)13-11(7-14)17-12(16-13)6-10-4-3-5-15-8-10/h3-5,8-9H,6-7,14H2,1-2H3. The molecule has 17 heavy (non-hydrogen) atoms. The fourth-order valence-electron chi connectivity index (χ4n) is 1.76. The first kappa shape index (κ1) is 12.2. The number of hydrogen-bond acceptors (Lipinski definition) is 4. The molecule has 0 fully saturated rings. The van der Waals surface area contributed by atoms with Crippen molar-refractivity contribution >= 4 is 11.3 Å². The van der Waals surface area contributed by atoms with Gasteiger partial charge in [0.05, 0.1) is 10.7 Å². The second-order valence-electron chi connectivity index (χ2n) is 4.31. The zero-order chi connectivity index (χ0) is 12.3. The maximum absolute atomic E-state index is 5.75. The van der Waals surface area contributed by atoms with E-state index < -0.39 is 0 Å². The molecule has 0 amide bonds. The number of nitrogens with two attached hydrogens (primary N) is 1. The van der Waals surface area contributed by atoms with E-state index in [9.17, 15) is 0 Å². The Kier molecular flexibility index (Phi) is 3.86. The van der Waals surface area contributed by atoms with Crippen molar-refractivity contribution in [1.29, 1.82) is 0 Å². The highest BCUT2D eigenvalue weighted by Crippen LogP contribution is 2.26. The third-order valence-electron chi connectivity index (χ3n) is 2.58. The minimum Gasteiger partial charge on any atom is -0.326 e. The minimum atomic E-state index is 0.437. The first-order valence-electron chi connectivity index (χ1n) is 5.78. The molecule has 3 nitrogen and oxygen atoms in total. The largest absolute Gasteiger partial charge is 0.326 e. The van der Waals surface area contributed by atoms with E-state index in [0.717, 1.165) is 17.1 Å². The number of thiazole rings is 1. The van der Waals surface area contributed by atoms with Crippen LogP contribution in [0.3, 0.4) is 0 Å². The minimum absolute atomic E-state index is 0.437. The van der Waals surface area contributed by atoms with E-state index in [-0.39, 0.29) is 0 Å². The molecule has 4 heteroatoms. The van der Waals surface area contributed by atoms with Crippen molar-refractivity contribution in [1.82, 2.24) is 9.97 Å². The summed E-state index contributed by atoms with van der Waals surface area (Å²) in [7, 11) is 0. The molecule has 0 unspecified atom stereocenters. The van der Waals surface area contributed by atoms with Crippen molar-refractivity contribution in [3.63, 3.8) is 0 Å². The highest BCUT2D eigenvalue weighted by Gasteiger charge is 2.13. The van der Waals surface area contributed by atoms with Gasteiger partial charge in [-0.15, -0.1) is 11.3 Å². The lowest BCUT2D eigenvalue weighted by Gasteiger charge is -2.01. The summed E-state index contributed by atoms with van der Waals surface area (Å²) < 4.78 is 0. The van der Waals surface area contributed by atoms with E-state index in [2.05, 4.69) is 29.9 Å². The van der Waals surface area contributed by atoms with Crippen LogP contribution in [0.1, 0.15) is 40.9 Å². The topological polar surface area (TPSA) is 51.8 Å². The van der Waals surface area contributed by atoms with Crippen molar-refractivity contribution in [2.45, 2.75) is 32.7 Å². The lowest BCUT2D eigenvalue weighted by Crippen LogP contribution is -1.99. The van der Waals surface area contributed by atoms with Crippen molar-refractivity contribution in [3.05, 3.63) is 45.7 Å². The number of rotatable bonds is 4. The van der Waals surface area contributed by atoms with Crippen LogP contribution in [0.2, 0.25) is 0 Å². The van der Waals surface area contributed by atoms with Crippen molar-refractivity contribution in [2.75, 3.05) is 0 Å². The summed E-state index contributed by atoms with van der Waals surface area (Å²) in [6.07, 6.45) is 4.52.